The molecule has 0 aliphatic heterocycles. The summed E-state index contributed by atoms with van der Waals surface area (Å²) >= 11 is 0. The fourth-order valence-electron chi connectivity index (χ4n) is 2.49. The van der Waals surface area contributed by atoms with Gasteiger partial charge in [0.2, 0.25) is 0 Å². The van der Waals surface area contributed by atoms with Crippen molar-refractivity contribution in [1.29, 1.82) is 0 Å². The van der Waals surface area contributed by atoms with E-state index >= 15 is 0 Å². The van der Waals surface area contributed by atoms with Crippen molar-refractivity contribution >= 4 is 17.8 Å². The molecule has 0 fully saturated rings. The van der Waals surface area contributed by atoms with E-state index in [1.807, 2.05) is 58.0 Å². The molecule has 2 amide bonds. The quantitative estimate of drug-likeness (QED) is 0.751. The maximum Gasteiger partial charge on any atom is 0.338 e. The molecule has 28 heavy (non-hydrogen) atoms. The van der Waals surface area contributed by atoms with Crippen molar-refractivity contribution in [3.8, 4) is 0 Å². The van der Waals surface area contributed by atoms with Gasteiger partial charge in [0, 0.05) is 11.1 Å². The fraction of sp³-hybridized carbons (Fsp3) is 0.318. The van der Waals surface area contributed by atoms with Gasteiger partial charge in [-0.1, -0.05) is 30.3 Å². The van der Waals surface area contributed by atoms with E-state index in [0.717, 1.165) is 5.56 Å². The first-order valence-electron chi connectivity index (χ1n) is 9.10. The van der Waals surface area contributed by atoms with Gasteiger partial charge in [0.05, 0.1) is 11.6 Å². The number of benzene rings is 2. The first-order chi connectivity index (χ1) is 13.2. The lowest BCUT2D eigenvalue weighted by molar-refractivity contribution is -0.124. The Bertz CT molecular complexity index is 824. The fourth-order valence-corrected chi connectivity index (χ4v) is 2.49. The molecule has 0 aliphatic rings. The van der Waals surface area contributed by atoms with E-state index in [1.165, 1.54) is 12.1 Å². The van der Waals surface area contributed by atoms with Gasteiger partial charge in [0.25, 0.3) is 11.8 Å². The molecule has 0 bridgehead atoms. The summed E-state index contributed by atoms with van der Waals surface area (Å²) in [5.74, 6) is -1.22. The number of hydrogen-bond acceptors (Lipinski definition) is 4. The molecule has 0 saturated heterocycles. The van der Waals surface area contributed by atoms with Crippen LogP contribution in [0.25, 0.3) is 0 Å². The zero-order valence-electron chi connectivity index (χ0n) is 16.6. The Kier molecular flexibility index (Phi) is 6.93. The summed E-state index contributed by atoms with van der Waals surface area (Å²) < 4.78 is 5.06. The second-order valence-electron chi connectivity index (χ2n) is 7.56. The number of rotatable bonds is 6. The van der Waals surface area contributed by atoms with Gasteiger partial charge >= 0.3 is 5.97 Å². The van der Waals surface area contributed by atoms with Crippen LogP contribution in [0.1, 0.15) is 60.0 Å². The molecule has 6 heteroatoms. The summed E-state index contributed by atoms with van der Waals surface area (Å²) in [6, 6.07) is 15.4. The van der Waals surface area contributed by atoms with Crippen LogP contribution < -0.4 is 10.6 Å². The summed E-state index contributed by atoms with van der Waals surface area (Å²) in [6.07, 6.45) is 0. The van der Waals surface area contributed by atoms with Crippen LogP contribution in [0.2, 0.25) is 0 Å². The van der Waals surface area contributed by atoms with E-state index in [-0.39, 0.29) is 35.6 Å². The van der Waals surface area contributed by atoms with Crippen molar-refractivity contribution in [1.82, 2.24) is 10.6 Å². The van der Waals surface area contributed by atoms with Crippen LogP contribution in [0.5, 0.6) is 0 Å². The summed E-state index contributed by atoms with van der Waals surface area (Å²) in [4.78, 5) is 36.2. The van der Waals surface area contributed by atoms with Gasteiger partial charge in [-0.05, 0) is 57.5 Å². The molecule has 2 aromatic rings. The predicted molar refractivity (Wildman–Crippen MR) is 107 cm³/mol. The number of hydrogen-bond donors (Lipinski definition) is 2. The van der Waals surface area contributed by atoms with Crippen molar-refractivity contribution < 1.29 is 19.1 Å². The number of ether oxygens (including phenoxy) is 1. The van der Waals surface area contributed by atoms with E-state index in [9.17, 15) is 14.4 Å². The number of carbonyl (C=O) groups is 3. The smallest absolute Gasteiger partial charge is 0.338 e. The minimum atomic E-state index is -0.620. The molecule has 6 nitrogen and oxygen atoms in total. The molecule has 0 aliphatic carbocycles. The Hall–Kier alpha value is -3.15. The lowest BCUT2D eigenvalue weighted by atomic mass is 10.1. The highest BCUT2D eigenvalue weighted by Crippen LogP contribution is 2.11. The Morgan fingerprint density at radius 1 is 0.929 bits per heavy atom. The molecular weight excluding hydrogens is 356 g/mol. The van der Waals surface area contributed by atoms with E-state index in [2.05, 4.69) is 10.6 Å². The average Bonchev–Trinajstić information content (AvgIpc) is 2.65. The first-order valence-corrected chi connectivity index (χ1v) is 9.10. The van der Waals surface area contributed by atoms with Crippen molar-refractivity contribution in [3.05, 3.63) is 71.3 Å². The molecule has 0 radical (unpaired) electrons. The van der Waals surface area contributed by atoms with Gasteiger partial charge in [0.15, 0.2) is 6.61 Å². The molecule has 0 aromatic heterocycles. The molecule has 2 aromatic carbocycles. The SMILES string of the molecule is CC(NC(=O)COC(=O)c1ccc(C(=O)NC(C)(C)C)cc1)c1ccccc1. The van der Waals surface area contributed by atoms with Gasteiger partial charge in [-0.15, -0.1) is 0 Å². The Balaban J connectivity index is 1.85. The van der Waals surface area contributed by atoms with Crippen LogP contribution in [-0.4, -0.2) is 29.9 Å². The topological polar surface area (TPSA) is 84.5 Å². The van der Waals surface area contributed by atoms with Gasteiger partial charge in [-0.2, -0.15) is 0 Å². The van der Waals surface area contributed by atoms with Gasteiger partial charge in [0.1, 0.15) is 0 Å². The summed E-state index contributed by atoms with van der Waals surface area (Å²) in [5, 5.41) is 5.63. The number of esters is 1. The molecule has 0 heterocycles. The zero-order valence-corrected chi connectivity index (χ0v) is 16.6. The van der Waals surface area contributed by atoms with E-state index < -0.39 is 5.97 Å². The van der Waals surface area contributed by atoms with Crippen molar-refractivity contribution in [2.24, 2.45) is 0 Å². The first kappa shape index (κ1) is 21.2. The highest BCUT2D eigenvalue weighted by molar-refractivity contribution is 5.96. The van der Waals surface area contributed by atoms with Crippen LogP contribution in [-0.2, 0) is 9.53 Å². The molecule has 2 rings (SSSR count). The van der Waals surface area contributed by atoms with Gasteiger partial charge < -0.3 is 15.4 Å². The average molecular weight is 382 g/mol. The molecule has 0 saturated carbocycles. The Labute approximate surface area is 165 Å². The van der Waals surface area contributed by atoms with Crippen LogP contribution in [0.3, 0.4) is 0 Å². The normalized spacial score (nSPS) is 12.0. The summed E-state index contributed by atoms with van der Waals surface area (Å²) in [5.41, 5.74) is 1.34. The van der Waals surface area contributed by atoms with E-state index in [0.29, 0.717) is 5.56 Å². The van der Waals surface area contributed by atoms with Crippen molar-refractivity contribution in [3.63, 3.8) is 0 Å². The third-order valence-electron chi connectivity index (χ3n) is 3.88. The zero-order chi connectivity index (χ0) is 20.7. The van der Waals surface area contributed by atoms with Crippen LogP contribution in [0.4, 0.5) is 0 Å². The number of amides is 2. The van der Waals surface area contributed by atoms with E-state index in [4.69, 9.17) is 4.74 Å². The van der Waals surface area contributed by atoms with Crippen LogP contribution in [0.15, 0.2) is 54.6 Å². The maximum absolute atomic E-state index is 12.1. The van der Waals surface area contributed by atoms with E-state index in [1.54, 1.807) is 12.1 Å². The highest BCUT2D eigenvalue weighted by Gasteiger charge is 2.17. The lowest BCUT2D eigenvalue weighted by Crippen LogP contribution is -2.40. The molecule has 148 valence electrons. The minimum Gasteiger partial charge on any atom is -0.452 e. The van der Waals surface area contributed by atoms with Gasteiger partial charge in [-0.25, -0.2) is 4.79 Å². The molecule has 0 spiro atoms. The standard InChI is InChI=1S/C22H26N2O4/c1-15(16-8-6-5-7-9-16)23-19(25)14-28-21(27)18-12-10-17(11-13-18)20(26)24-22(2,3)4/h5-13,15H,14H2,1-4H3,(H,23,25)(H,24,26). The van der Waals surface area contributed by atoms with Crippen LogP contribution >= 0.6 is 0 Å². The lowest BCUT2D eigenvalue weighted by Gasteiger charge is -2.20. The highest BCUT2D eigenvalue weighted by atomic mass is 16.5. The number of carbonyl (C=O) groups excluding carboxylic acids is 3. The molecule has 1 atom stereocenters. The second kappa shape index (κ2) is 9.17. The molecule has 2 N–H and O–H groups in total. The summed E-state index contributed by atoms with van der Waals surface area (Å²) in [6.45, 7) is 7.15. The third-order valence-corrected chi connectivity index (χ3v) is 3.88. The molecular formula is C22H26N2O4. The monoisotopic (exact) mass is 382 g/mol. The Morgan fingerprint density at radius 2 is 1.50 bits per heavy atom. The largest absolute Gasteiger partial charge is 0.452 e. The predicted octanol–water partition coefficient (Wildman–Crippen LogP) is 3.25. The Morgan fingerprint density at radius 3 is 2.07 bits per heavy atom. The third kappa shape index (κ3) is 6.54. The van der Waals surface area contributed by atoms with Crippen molar-refractivity contribution in [2.75, 3.05) is 6.61 Å². The maximum atomic E-state index is 12.1. The van der Waals surface area contributed by atoms with Crippen LogP contribution in [0, 0.1) is 0 Å². The number of nitrogens with one attached hydrogen (secondary N) is 2. The summed E-state index contributed by atoms with van der Waals surface area (Å²) in [7, 11) is 0. The molecule has 1 unspecified atom stereocenters. The van der Waals surface area contributed by atoms with Gasteiger partial charge in [-0.3, -0.25) is 9.59 Å². The van der Waals surface area contributed by atoms with Crippen molar-refractivity contribution in [2.45, 2.75) is 39.3 Å². The second-order valence-corrected chi connectivity index (χ2v) is 7.56. The minimum absolute atomic E-state index is 0.187.